The van der Waals surface area contributed by atoms with Crippen LogP contribution in [0.5, 0.6) is 0 Å². The first-order valence-electron chi connectivity index (χ1n) is 8.33. The largest absolute Gasteiger partial charge is 0.455 e. The molecule has 4 nitrogen and oxygen atoms in total. The van der Waals surface area contributed by atoms with Gasteiger partial charge in [0.1, 0.15) is 0 Å². The lowest BCUT2D eigenvalue weighted by Crippen LogP contribution is -2.59. The molecule has 2 rings (SSSR count). The second-order valence-electron chi connectivity index (χ2n) is 6.12. The number of benzene rings is 1. The number of nitrogens with zero attached hydrogens (tertiary/aromatic N) is 2. The molecule has 12 heteroatoms. The first-order valence-corrected chi connectivity index (χ1v) is 8.33. The molecule has 2 aromatic rings. The third-order valence-corrected chi connectivity index (χ3v) is 4.03. The van der Waals surface area contributed by atoms with Gasteiger partial charge < -0.3 is 4.74 Å². The highest BCUT2D eigenvalue weighted by Crippen LogP contribution is 2.48. The molecular formula is C18H14F8N2O2. The molecule has 1 aromatic heterocycles. The molecular weight excluding hydrogens is 428 g/mol. The van der Waals surface area contributed by atoms with Gasteiger partial charge in [-0.2, -0.15) is 26.3 Å². The fourth-order valence-electron chi connectivity index (χ4n) is 2.15. The molecule has 0 amide bonds. The summed E-state index contributed by atoms with van der Waals surface area (Å²) in [4.78, 5) is 19.9. The fourth-order valence-corrected chi connectivity index (χ4v) is 2.15. The zero-order valence-electron chi connectivity index (χ0n) is 15.2. The van der Waals surface area contributed by atoms with Crippen LogP contribution in [0.1, 0.15) is 22.8 Å². The summed E-state index contributed by atoms with van der Waals surface area (Å²) < 4.78 is 107. The van der Waals surface area contributed by atoms with Gasteiger partial charge in [0.25, 0.3) is 0 Å². The first kappa shape index (κ1) is 23.5. The monoisotopic (exact) mass is 442 g/mol. The van der Waals surface area contributed by atoms with E-state index in [9.17, 15) is 39.9 Å². The molecule has 1 heterocycles. The number of carbonyl (C=O) groups is 1. The number of carbonyl (C=O) groups excluding carboxylic acids is 1. The third kappa shape index (κ3) is 4.51. The first-order chi connectivity index (χ1) is 13.8. The molecule has 0 saturated carbocycles. The van der Waals surface area contributed by atoms with E-state index in [4.69, 9.17) is 0 Å². The van der Waals surface area contributed by atoms with E-state index in [-0.39, 0.29) is 11.4 Å². The van der Waals surface area contributed by atoms with E-state index in [1.807, 2.05) is 6.92 Å². The Morgan fingerprint density at radius 2 is 1.53 bits per heavy atom. The van der Waals surface area contributed by atoms with Crippen LogP contribution in [0.25, 0.3) is 11.4 Å². The Bertz CT molecular complexity index is 871. The van der Waals surface area contributed by atoms with E-state index < -0.39 is 36.8 Å². The molecule has 0 atom stereocenters. The van der Waals surface area contributed by atoms with E-state index in [0.717, 1.165) is 17.7 Å². The lowest BCUT2D eigenvalue weighted by atomic mass is 10.1. The Balaban J connectivity index is 2.08. The number of esters is 1. The predicted octanol–water partition coefficient (Wildman–Crippen LogP) is 5.03. The van der Waals surface area contributed by atoms with Crippen molar-refractivity contribution in [2.75, 3.05) is 6.61 Å². The Kier molecular flexibility index (Phi) is 6.67. The minimum Gasteiger partial charge on any atom is -0.455 e. The van der Waals surface area contributed by atoms with Gasteiger partial charge in [-0.15, -0.1) is 0 Å². The van der Waals surface area contributed by atoms with Crippen LogP contribution in [-0.4, -0.2) is 46.7 Å². The van der Waals surface area contributed by atoms with Gasteiger partial charge >= 0.3 is 30.2 Å². The van der Waals surface area contributed by atoms with Gasteiger partial charge in [-0.05, 0) is 24.1 Å². The smallest absolute Gasteiger partial charge is 0.381 e. The number of aromatic nitrogens is 2. The van der Waals surface area contributed by atoms with Crippen LogP contribution in [0.15, 0.2) is 36.7 Å². The average Bonchev–Trinajstić information content (AvgIpc) is 2.71. The van der Waals surface area contributed by atoms with Gasteiger partial charge in [0.05, 0.1) is 5.56 Å². The highest BCUT2D eigenvalue weighted by atomic mass is 19.4. The third-order valence-electron chi connectivity index (χ3n) is 4.03. The molecule has 0 fully saturated rings. The highest BCUT2D eigenvalue weighted by Gasteiger charge is 2.75. The van der Waals surface area contributed by atoms with Crippen LogP contribution in [0.3, 0.4) is 0 Å². The number of halogens is 8. The predicted molar refractivity (Wildman–Crippen MR) is 88.0 cm³/mol. The molecule has 0 bridgehead atoms. The van der Waals surface area contributed by atoms with Crippen LogP contribution in [0.4, 0.5) is 35.1 Å². The zero-order valence-corrected chi connectivity index (χ0v) is 15.2. The topological polar surface area (TPSA) is 52.1 Å². The van der Waals surface area contributed by atoms with Gasteiger partial charge in [0.2, 0.25) is 0 Å². The number of alkyl halides is 8. The molecule has 0 spiro atoms. The summed E-state index contributed by atoms with van der Waals surface area (Å²) >= 11 is 0. The number of hydrogen-bond donors (Lipinski definition) is 0. The molecule has 164 valence electrons. The molecule has 0 N–H and O–H groups in total. The Labute approximate surface area is 164 Å². The summed E-state index contributed by atoms with van der Waals surface area (Å²) in [5.41, 5.74) is 0.931. The second-order valence-corrected chi connectivity index (χ2v) is 6.12. The maximum Gasteiger partial charge on any atom is 0.381 e. The zero-order chi connectivity index (χ0) is 22.7. The second kappa shape index (κ2) is 8.52. The minimum absolute atomic E-state index is 0.285. The van der Waals surface area contributed by atoms with E-state index in [1.165, 1.54) is 12.1 Å². The summed E-state index contributed by atoms with van der Waals surface area (Å²) in [7, 11) is 0. The van der Waals surface area contributed by atoms with Gasteiger partial charge in [-0.1, -0.05) is 19.1 Å². The molecule has 1 aromatic carbocycles. The summed E-state index contributed by atoms with van der Waals surface area (Å²) in [6.45, 7) is -0.628. The van der Waals surface area contributed by atoms with Crippen molar-refractivity contribution in [2.45, 2.75) is 37.5 Å². The standard InChI is InChI=1S/C18H14F8N2O2/c1-2-10-7-27-13(28-8-10)11-3-5-12(6-4-11)14(29)30-9-16(21,22)18(25,26)17(23,24)15(19)20/h3-8,15H,2,9H2,1H3. The van der Waals surface area contributed by atoms with Crippen molar-refractivity contribution in [1.82, 2.24) is 9.97 Å². The van der Waals surface area contributed by atoms with Gasteiger partial charge in [-0.25, -0.2) is 23.5 Å². The summed E-state index contributed by atoms with van der Waals surface area (Å²) in [6, 6.07) is 4.79. The van der Waals surface area contributed by atoms with Crippen molar-refractivity contribution in [2.24, 2.45) is 0 Å². The molecule has 0 aliphatic rings. The van der Waals surface area contributed by atoms with Crippen LogP contribution < -0.4 is 0 Å². The lowest BCUT2D eigenvalue weighted by molar-refractivity contribution is -0.343. The van der Waals surface area contributed by atoms with Crippen molar-refractivity contribution in [3.8, 4) is 11.4 Å². The van der Waals surface area contributed by atoms with E-state index in [2.05, 4.69) is 14.7 Å². The molecule has 0 radical (unpaired) electrons. The molecule has 0 unspecified atom stereocenters. The SMILES string of the molecule is CCc1cnc(-c2ccc(C(=O)OCC(F)(F)C(F)(F)C(F)(F)C(F)F)cc2)nc1. The normalized spacial score (nSPS) is 12.9. The number of rotatable bonds is 8. The van der Waals surface area contributed by atoms with Crippen molar-refractivity contribution in [3.05, 3.63) is 47.8 Å². The summed E-state index contributed by atoms with van der Waals surface area (Å²) in [5, 5.41) is 0. The maximum absolute atomic E-state index is 13.4. The Morgan fingerprint density at radius 3 is 2.00 bits per heavy atom. The molecule has 0 aliphatic heterocycles. The van der Waals surface area contributed by atoms with Crippen molar-refractivity contribution >= 4 is 5.97 Å². The molecule has 0 aliphatic carbocycles. The number of hydrogen-bond acceptors (Lipinski definition) is 4. The van der Waals surface area contributed by atoms with Crippen LogP contribution >= 0.6 is 0 Å². The van der Waals surface area contributed by atoms with E-state index in [1.54, 1.807) is 12.4 Å². The van der Waals surface area contributed by atoms with Gasteiger partial charge in [-0.3, -0.25) is 0 Å². The average molecular weight is 442 g/mol. The van der Waals surface area contributed by atoms with Crippen LogP contribution in [0, 0.1) is 0 Å². The summed E-state index contributed by atoms with van der Waals surface area (Å²) in [6.07, 6.45) is -1.20. The van der Waals surface area contributed by atoms with Crippen LogP contribution in [-0.2, 0) is 11.2 Å². The van der Waals surface area contributed by atoms with E-state index in [0.29, 0.717) is 12.0 Å². The van der Waals surface area contributed by atoms with E-state index >= 15 is 0 Å². The minimum atomic E-state index is -6.44. The van der Waals surface area contributed by atoms with Crippen molar-refractivity contribution < 1.29 is 44.7 Å². The van der Waals surface area contributed by atoms with Gasteiger partial charge in [0, 0.05) is 18.0 Å². The van der Waals surface area contributed by atoms with Crippen LogP contribution in [0.2, 0.25) is 0 Å². The number of aryl methyl sites for hydroxylation is 1. The Hall–Kier alpha value is -2.79. The lowest BCUT2D eigenvalue weighted by Gasteiger charge is -2.31. The fraction of sp³-hybridized carbons (Fsp3) is 0.389. The molecule has 30 heavy (non-hydrogen) atoms. The quantitative estimate of drug-likeness (QED) is 0.425. The highest BCUT2D eigenvalue weighted by molar-refractivity contribution is 5.89. The van der Waals surface area contributed by atoms with Crippen molar-refractivity contribution in [3.63, 3.8) is 0 Å². The Morgan fingerprint density at radius 1 is 1.00 bits per heavy atom. The summed E-state index contributed by atoms with van der Waals surface area (Å²) in [5.74, 6) is -19.8. The van der Waals surface area contributed by atoms with Gasteiger partial charge in [0.15, 0.2) is 12.4 Å². The number of ether oxygens (including phenoxy) is 1. The molecule has 0 saturated heterocycles. The maximum atomic E-state index is 13.4. The van der Waals surface area contributed by atoms with Crippen molar-refractivity contribution in [1.29, 1.82) is 0 Å².